The monoisotopic (exact) mass is 329 g/mol. The summed E-state index contributed by atoms with van der Waals surface area (Å²) in [5, 5.41) is 9.67. The van der Waals surface area contributed by atoms with Crippen LogP contribution in [0.1, 0.15) is 30.8 Å². The fourth-order valence-corrected chi connectivity index (χ4v) is 2.34. The molecule has 2 amide bonds. The third-order valence-electron chi connectivity index (χ3n) is 3.57. The summed E-state index contributed by atoms with van der Waals surface area (Å²) < 4.78 is 1.85. The molecular formula is C17H23N5O2. The van der Waals surface area contributed by atoms with Crippen LogP contribution in [0, 0.1) is 19.8 Å². The van der Waals surface area contributed by atoms with Gasteiger partial charge in [-0.05, 0) is 37.5 Å². The number of amides is 2. The largest absolute Gasteiger partial charge is 0.344 e. The smallest absolute Gasteiger partial charge is 0.313 e. The van der Waals surface area contributed by atoms with Crippen molar-refractivity contribution in [2.45, 2.75) is 40.8 Å². The minimum absolute atomic E-state index is 0.277. The van der Waals surface area contributed by atoms with Gasteiger partial charge in [0.1, 0.15) is 0 Å². The van der Waals surface area contributed by atoms with E-state index in [1.807, 2.05) is 18.5 Å². The molecule has 0 aliphatic carbocycles. The molecule has 0 saturated carbocycles. The van der Waals surface area contributed by atoms with Crippen molar-refractivity contribution in [2.24, 2.45) is 5.92 Å². The number of hydrogen-bond acceptors (Lipinski definition) is 4. The van der Waals surface area contributed by atoms with Gasteiger partial charge in [0, 0.05) is 25.5 Å². The number of anilines is 1. The Morgan fingerprint density at radius 3 is 2.46 bits per heavy atom. The molecule has 2 heterocycles. The van der Waals surface area contributed by atoms with Crippen LogP contribution in [0.2, 0.25) is 0 Å². The molecule has 0 spiro atoms. The molecule has 2 N–H and O–H groups in total. The maximum atomic E-state index is 12.1. The maximum absolute atomic E-state index is 12.1. The van der Waals surface area contributed by atoms with Crippen molar-refractivity contribution in [3.63, 3.8) is 0 Å². The van der Waals surface area contributed by atoms with Crippen LogP contribution in [0.4, 0.5) is 5.69 Å². The molecule has 0 atom stereocenters. The van der Waals surface area contributed by atoms with Gasteiger partial charge in [-0.2, -0.15) is 5.10 Å². The molecule has 2 aromatic heterocycles. The first kappa shape index (κ1) is 17.7. The van der Waals surface area contributed by atoms with Crippen molar-refractivity contribution >= 4 is 17.5 Å². The first-order valence-corrected chi connectivity index (χ1v) is 7.90. The van der Waals surface area contributed by atoms with E-state index in [1.54, 1.807) is 24.5 Å². The third-order valence-corrected chi connectivity index (χ3v) is 3.57. The summed E-state index contributed by atoms with van der Waals surface area (Å²) in [6.07, 6.45) is 3.27. The first-order valence-electron chi connectivity index (χ1n) is 7.90. The van der Waals surface area contributed by atoms with E-state index in [2.05, 4.69) is 34.6 Å². The van der Waals surface area contributed by atoms with Gasteiger partial charge in [0.15, 0.2) is 0 Å². The molecule has 7 nitrogen and oxygen atoms in total. The van der Waals surface area contributed by atoms with Crippen molar-refractivity contribution < 1.29 is 9.59 Å². The van der Waals surface area contributed by atoms with Crippen molar-refractivity contribution in [3.05, 3.63) is 41.5 Å². The van der Waals surface area contributed by atoms with Crippen LogP contribution >= 0.6 is 0 Å². The lowest BCUT2D eigenvalue weighted by molar-refractivity contribution is -0.136. The van der Waals surface area contributed by atoms with Gasteiger partial charge in [-0.1, -0.05) is 13.8 Å². The molecule has 128 valence electrons. The standard InChI is InChI=1S/C17H23N5O2/c1-11(2)10-22-13(4)15(12(3)21-22)20-17(24)16(23)19-9-14-5-7-18-8-6-14/h5-8,11H,9-10H2,1-4H3,(H,19,23)(H,20,24). The van der Waals surface area contributed by atoms with E-state index in [0.717, 1.165) is 17.8 Å². The molecule has 0 saturated heterocycles. The summed E-state index contributed by atoms with van der Waals surface area (Å²) >= 11 is 0. The van der Waals surface area contributed by atoms with Crippen LogP contribution < -0.4 is 10.6 Å². The second kappa shape index (κ2) is 7.72. The molecule has 0 aromatic carbocycles. The van der Waals surface area contributed by atoms with E-state index >= 15 is 0 Å². The van der Waals surface area contributed by atoms with Crippen molar-refractivity contribution in [2.75, 3.05) is 5.32 Å². The number of nitrogens with one attached hydrogen (secondary N) is 2. The van der Waals surface area contributed by atoms with Crippen LogP contribution in [0.5, 0.6) is 0 Å². The van der Waals surface area contributed by atoms with Gasteiger partial charge < -0.3 is 10.6 Å². The lowest BCUT2D eigenvalue weighted by Gasteiger charge is -2.09. The van der Waals surface area contributed by atoms with Gasteiger partial charge in [-0.15, -0.1) is 0 Å². The summed E-state index contributed by atoms with van der Waals surface area (Å²) in [6, 6.07) is 3.56. The molecule has 0 unspecified atom stereocenters. The lowest BCUT2D eigenvalue weighted by Crippen LogP contribution is -2.35. The summed E-state index contributed by atoms with van der Waals surface area (Å²) in [5.41, 5.74) is 3.02. The van der Waals surface area contributed by atoms with Gasteiger partial charge in [0.05, 0.1) is 17.1 Å². The van der Waals surface area contributed by atoms with Gasteiger partial charge in [0.25, 0.3) is 0 Å². The number of nitrogens with zero attached hydrogens (tertiary/aromatic N) is 3. The average Bonchev–Trinajstić information content (AvgIpc) is 2.80. The normalized spacial score (nSPS) is 10.7. The Labute approximate surface area is 141 Å². The molecule has 7 heteroatoms. The van der Waals surface area contributed by atoms with Crippen LogP contribution in [-0.2, 0) is 22.7 Å². The molecule has 0 bridgehead atoms. The number of aryl methyl sites for hydroxylation is 1. The van der Waals surface area contributed by atoms with E-state index in [1.165, 1.54) is 0 Å². The zero-order valence-corrected chi connectivity index (χ0v) is 14.5. The summed E-state index contributed by atoms with van der Waals surface area (Å²) in [6.45, 7) is 8.93. The summed E-state index contributed by atoms with van der Waals surface area (Å²) in [7, 11) is 0. The minimum Gasteiger partial charge on any atom is -0.344 e. The maximum Gasteiger partial charge on any atom is 0.313 e. The highest BCUT2D eigenvalue weighted by molar-refractivity contribution is 6.39. The highest BCUT2D eigenvalue weighted by Crippen LogP contribution is 2.20. The number of aromatic nitrogens is 3. The van der Waals surface area contributed by atoms with Gasteiger partial charge in [-0.3, -0.25) is 19.3 Å². The molecule has 0 fully saturated rings. The minimum atomic E-state index is -0.695. The lowest BCUT2D eigenvalue weighted by atomic mass is 10.2. The van der Waals surface area contributed by atoms with E-state index in [9.17, 15) is 9.59 Å². The highest BCUT2D eigenvalue weighted by Gasteiger charge is 2.19. The second-order valence-electron chi connectivity index (χ2n) is 6.11. The topological polar surface area (TPSA) is 88.9 Å². The van der Waals surface area contributed by atoms with E-state index in [-0.39, 0.29) is 6.54 Å². The Kier molecular flexibility index (Phi) is 5.68. The highest BCUT2D eigenvalue weighted by atomic mass is 16.2. The van der Waals surface area contributed by atoms with Gasteiger partial charge >= 0.3 is 11.8 Å². The van der Waals surface area contributed by atoms with Crippen LogP contribution in [0.15, 0.2) is 24.5 Å². The Bertz CT molecular complexity index is 722. The predicted molar refractivity (Wildman–Crippen MR) is 91.3 cm³/mol. The fraction of sp³-hybridized carbons (Fsp3) is 0.412. The molecule has 0 aliphatic heterocycles. The molecule has 0 aliphatic rings. The SMILES string of the molecule is Cc1nn(CC(C)C)c(C)c1NC(=O)C(=O)NCc1ccncc1. The number of carbonyl (C=O) groups excluding carboxylic acids is 2. The summed E-state index contributed by atoms with van der Waals surface area (Å²) in [4.78, 5) is 28.0. The van der Waals surface area contributed by atoms with Gasteiger partial charge in [0.2, 0.25) is 0 Å². The quantitative estimate of drug-likeness (QED) is 0.819. The molecule has 2 rings (SSSR count). The predicted octanol–water partition coefficient (Wildman–Crippen LogP) is 1.81. The Morgan fingerprint density at radius 1 is 1.17 bits per heavy atom. The fourth-order valence-electron chi connectivity index (χ4n) is 2.34. The number of hydrogen-bond donors (Lipinski definition) is 2. The van der Waals surface area contributed by atoms with Crippen LogP contribution in [0.25, 0.3) is 0 Å². The summed E-state index contributed by atoms with van der Waals surface area (Å²) in [5.74, 6) is -0.934. The molecule has 2 aromatic rings. The Hall–Kier alpha value is -2.70. The van der Waals surface area contributed by atoms with Crippen molar-refractivity contribution in [1.82, 2.24) is 20.1 Å². The second-order valence-corrected chi connectivity index (χ2v) is 6.11. The van der Waals surface area contributed by atoms with E-state index in [4.69, 9.17) is 0 Å². The van der Waals surface area contributed by atoms with Crippen molar-refractivity contribution in [3.8, 4) is 0 Å². The molecular weight excluding hydrogens is 306 g/mol. The number of carbonyl (C=O) groups is 2. The van der Waals surface area contributed by atoms with Gasteiger partial charge in [-0.25, -0.2) is 0 Å². The molecule has 0 radical (unpaired) electrons. The number of rotatable bonds is 5. The Balaban J connectivity index is 1.99. The first-order chi connectivity index (χ1) is 11.4. The van der Waals surface area contributed by atoms with E-state index in [0.29, 0.717) is 17.3 Å². The van der Waals surface area contributed by atoms with Crippen LogP contribution in [0.3, 0.4) is 0 Å². The van der Waals surface area contributed by atoms with Crippen molar-refractivity contribution in [1.29, 1.82) is 0 Å². The zero-order chi connectivity index (χ0) is 17.7. The Morgan fingerprint density at radius 2 is 1.83 bits per heavy atom. The number of pyridine rings is 1. The third kappa shape index (κ3) is 4.41. The van der Waals surface area contributed by atoms with E-state index < -0.39 is 11.8 Å². The molecule has 24 heavy (non-hydrogen) atoms. The zero-order valence-electron chi connectivity index (χ0n) is 14.5. The van der Waals surface area contributed by atoms with Crippen LogP contribution in [-0.4, -0.2) is 26.6 Å². The average molecular weight is 329 g/mol.